The van der Waals surface area contributed by atoms with Crippen LogP contribution in [0.25, 0.3) is 0 Å². The number of aromatic nitrogens is 3. The van der Waals surface area contributed by atoms with Gasteiger partial charge in [-0.3, -0.25) is 0 Å². The minimum atomic E-state index is -0.871. The third kappa shape index (κ3) is 2.98. The van der Waals surface area contributed by atoms with Crippen LogP contribution >= 0.6 is 0 Å². The summed E-state index contributed by atoms with van der Waals surface area (Å²) in [6.45, 7) is 1.08. The molecule has 1 aromatic heterocycles. The zero-order valence-corrected chi connectivity index (χ0v) is 13.4. The Balaban J connectivity index is 1.42. The summed E-state index contributed by atoms with van der Waals surface area (Å²) in [5.74, 6) is 1.89. The number of likely N-dealkylation sites (tertiary alicyclic amines) is 1. The Hall–Kier alpha value is -2.44. The lowest BCUT2D eigenvalue weighted by Gasteiger charge is -2.36. The number of carbonyl (C=O) groups excluding carboxylic acids is 1. The molecule has 1 atom stereocenters. The number of benzene rings is 1. The molecule has 126 valence electrons. The Bertz CT molecular complexity index is 726. The summed E-state index contributed by atoms with van der Waals surface area (Å²) in [4.78, 5) is 13.6. The van der Waals surface area contributed by atoms with Crippen molar-refractivity contribution >= 4 is 6.03 Å². The fourth-order valence-electron chi connectivity index (χ4n) is 3.27. The standard InChI is InChI=1S/C17H20FN5O/c18-13-9-22(10-13)17(24)19-14-6-7-15-20-21-16(23(15)11-14)8-12-4-2-1-3-5-12/h1-5,13-14H,6-11H2,(H,19,24)/t14-/m1/s1. The van der Waals surface area contributed by atoms with Gasteiger partial charge in [-0.1, -0.05) is 30.3 Å². The molecule has 0 spiro atoms. The quantitative estimate of drug-likeness (QED) is 0.929. The Kier molecular flexibility index (Phi) is 3.92. The zero-order valence-electron chi connectivity index (χ0n) is 13.4. The van der Waals surface area contributed by atoms with E-state index in [-0.39, 0.29) is 25.2 Å². The molecule has 0 saturated carbocycles. The largest absolute Gasteiger partial charge is 0.333 e. The van der Waals surface area contributed by atoms with E-state index in [0.29, 0.717) is 6.54 Å². The van der Waals surface area contributed by atoms with Crippen molar-refractivity contribution in [2.75, 3.05) is 13.1 Å². The molecule has 0 bridgehead atoms. The molecule has 1 N–H and O–H groups in total. The Morgan fingerprint density at radius 2 is 2.00 bits per heavy atom. The number of fused-ring (bicyclic) bond motifs is 1. The second kappa shape index (κ2) is 6.22. The number of aryl methyl sites for hydroxylation is 1. The molecule has 2 aliphatic rings. The SMILES string of the molecule is O=C(N[C@@H]1CCc2nnc(Cc3ccccc3)n2C1)N1CC(F)C1. The van der Waals surface area contributed by atoms with Crippen molar-refractivity contribution in [2.45, 2.75) is 38.0 Å². The lowest BCUT2D eigenvalue weighted by molar-refractivity contribution is 0.0871. The van der Waals surface area contributed by atoms with E-state index in [2.05, 4.69) is 32.2 Å². The van der Waals surface area contributed by atoms with E-state index in [9.17, 15) is 9.18 Å². The van der Waals surface area contributed by atoms with Crippen molar-refractivity contribution in [1.82, 2.24) is 25.0 Å². The normalized spacial score (nSPS) is 20.4. The summed E-state index contributed by atoms with van der Waals surface area (Å²) in [5, 5.41) is 11.6. The molecule has 0 unspecified atom stereocenters. The van der Waals surface area contributed by atoms with Crippen LogP contribution < -0.4 is 5.32 Å². The fraction of sp³-hybridized carbons (Fsp3) is 0.471. The Morgan fingerprint density at radius 1 is 1.21 bits per heavy atom. The van der Waals surface area contributed by atoms with E-state index in [1.165, 1.54) is 10.5 Å². The molecule has 4 rings (SSSR count). The average molecular weight is 329 g/mol. The topological polar surface area (TPSA) is 63.1 Å². The molecule has 0 aliphatic carbocycles. The number of halogens is 1. The van der Waals surface area contributed by atoms with Crippen LogP contribution in [-0.4, -0.2) is 51.0 Å². The molecule has 2 amide bonds. The van der Waals surface area contributed by atoms with E-state index in [4.69, 9.17) is 0 Å². The first-order valence-electron chi connectivity index (χ1n) is 8.33. The Morgan fingerprint density at radius 3 is 2.75 bits per heavy atom. The van der Waals surface area contributed by atoms with Crippen LogP contribution in [-0.2, 0) is 19.4 Å². The van der Waals surface area contributed by atoms with E-state index in [1.54, 1.807) is 0 Å². The number of nitrogens with zero attached hydrogens (tertiary/aromatic N) is 4. The molecule has 1 aromatic carbocycles. The summed E-state index contributed by atoms with van der Waals surface area (Å²) in [6, 6.07) is 10.0. The highest BCUT2D eigenvalue weighted by atomic mass is 19.1. The highest BCUT2D eigenvalue weighted by Crippen LogP contribution is 2.18. The number of amides is 2. The summed E-state index contributed by atoms with van der Waals surface area (Å²) in [7, 11) is 0. The molecule has 6 nitrogen and oxygen atoms in total. The Labute approximate surface area is 139 Å². The van der Waals surface area contributed by atoms with Gasteiger partial charge in [0.05, 0.1) is 13.1 Å². The minimum absolute atomic E-state index is 0.0363. The summed E-state index contributed by atoms with van der Waals surface area (Å²) in [5.41, 5.74) is 1.19. The summed E-state index contributed by atoms with van der Waals surface area (Å²) < 4.78 is 15.0. The van der Waals surface area contributed by atoms with Crippen molar-refractivity contribution in [2.24, 2.45) is 0 Å². The maximum Gasteiger partial charge on any atom is 0.317 e. The van der Waals surface area contributed by atoms with Crippen LogP contribution in [0.5, 0.6) is 0 Å². The van der Waals surface area contributed by atoms with Gasteiger partial charge in [0.15, 0.2) is 0 Å². The summed E-state index contributed by atoms with van der Waals surface area (Å²) >= 11 is 0. The monoisotopic (exact) mass is 329 g/mol. The third-order valence-electron chi connectivity index (χ3n) is 4.68. The van der Waals surface area contributed by atoms with Crippen LogP contribution in [0, 0.1) is 0 Å². The van der Waals surface area contributed by atoms with Gasteiger partial charge in [-0.05, 0) is 12.0 Å². The van der Waals surface area contributed by atoms with Crippen molar-refractivity contribution in [3.8, 4) is 0 Å². The second-order valence-corrected chi connectivity index (χ2v) is 6.49. The predicted molar refractivity (Wildman–Crippen MR) is 86.4 cm³/mol. The van der Waals surface area contributed by atoms with Crippen LogP contribution in [0.15, 0.2) is 30.3 Å². The molecule has 2 aliphatic heterocycles. The second-order valence-electron chi connectivity index (χ2n) is 6.49. The zero-order chi connectivity index (χ0) is 16.5. The van der Waals surface area contributed by atoms with Gasteiger partial charge in [-0.2, -0.15) is 0 Å². The number of rotatable bonds is 3. The number of carbonyl (C=O) groups is 1. The van der Waals surface area contributed by atoms with E-state index in [0.717, 1.165) is 30.9 Å². The van der Waals surface area contributed by atoms with E-state index >= 15 is 0 Å². The van der Waals surface area contributed by atoms with Crippen molar-refractivity contribution < 1.29 is 9.18 Å². The van der Waals surface area contributed by atoms with Gasteiger partial charge in [0.1, 0.15) is 17.8 Å². The number of nitrogens with one attached hydrogen (secondary N) is 1. The maximum atomic E-state index is 12.9. The van der Waals surface area contributed by atoms with Crippen molar-refractivity contribution in [3.63, 3.8) is 0 Å². The highest BCUT2D eigenvalue weighted by Gasteiger charge is 2.32. The number of urea groups is 1. The fourth-order valence-corrected chi connectivity index (χ4v) is 3.27. The molecule has 1 saturated heterocycles. The van der Waals surface area contributed by atoms with Gasteiger partial charge >= 0.3 is 6.03 Å². The van der Waals surface area contributed by atoms with Crippen molar-refractivity contribution in [1.29, 1.82) is 0 Å². The molecular weight excluding hydrogens is 309 g/mol. The van der Waals surface area contributed by atoms with E-state index < -0.39 is 6.17 Å². The third-order valence-corrected chi connectivity index (χ3v) is 4.68. The lowest BCUT2D eigenvalue weighted by atomic mass is 10.1. The molecule has 1 fully saturated rings. The molecule has 0 radical (unpaired) electrons. The van der Waals surface area contributed by atoms with Gasteiger partial charge in [-0.15, -0.1) is 10.2 Å². The van der Waals surface area contributed by atoms with Crippen LogP contribution in [0.4, 0.5) is 9.18 Å². The highest BCUT2D eigenvalue weighted by molar-refractivity contribution is 5.75. The lowest BCUT2D eigenvalue weighted by Crippen LogP contribution is -2.57. The number of hydrogen-bond donors (Lipinski definition) is 1. The molecule has 3 heterocycles. The molecule has 2 aromatic rings. The van der Waals surface area contributed by atoms with E-state index in [1.807, 2.05) is 18.2 Å². The summed E-state index contributed by atoms with van der Waals surface area (Å²) in [6.07, 6.45) is 1.48. The predicted octanol–water partition coefficient (Wildman–Crippen LogP) is 1.55. The first-order chi connectivity index (χ1) is 11.7. The number of hydrogen-bond acceptors (Lipinski definition) is 3. The van der Waals surface area contributed by atoms with Gasteiger partial charge in [0.2, 0.25) is 0 Å². The van der Waals surface area contributed by atoms with Crippen LogP contribution in [0.2, 0.25) is 0 Å². The van der Waals surface area contributed by atoms with Crippen LogP contribution in [0.3, 0.4) is 0 Å². The molecule has 24 heavy (non-hydrogen) atoms. The first kappa shape index (κ1) is 15.1. The van der Waals surface area contributed by atoms with Crippen LogP contribution in [0.1, 0.15) is 23.6 Å². The average Bonchev–Trinajstić information content (AvgIpc) is 2.95. The van der Waals surface area contributed by atoms with Crippen molar-refractivity contribution in [3.05, 3.63) is 47.5 Å². The number of alkyl halides is 1. The minimum Gasteiger partial charge on any atom is -0.333 e. The van der Waals surface area contributed by atoms with Gasteiger partial charge in [-0.25, -0.2) is 9.18 Å². The van der Waals surface area contributed by atoms with Gasteiger partial charge in [0.25, 0.3) is 0 Å². The first-order valence-corrected chi connectivity index (χ1v) is 8.33. The van der Waals surface area contributed by atoms with Gasteiger partial charge < -0.3 is 14.8 Å². The maximum absolute atomic E-state index is 12.9. The molecular formula is C17H20FN5O. The smallest absolute Gasteiger partial charge is 0.317 e. The van der Waals surface area contributed by atoms with Gasteiger partial charge in [0, 0.05) is 25.4 Å². The molecule has 7 heteroatoms.